The molecule has 0 saturated carbocycles. The first-order valence-corrected chi connectivity index (χ1v) is 11.2. The zero-order valence-electron chi connectivity index (χ0n) is 13.2. The SMILES string of the molecule is CC[Si](CC)OC(C)CCC(C)O[Si](CC)CC. The van der Waals surface area contributed by atoms with Crippen LogP contribution in [-0.4, -0.2) is 30.3 Å². The lowest BCUT2D eigenvalue weighted by molar-refractivity contribution is 0.158. The highest BCUT2D eigenvalue weighted by atomic mass is 28.3. The van der Waals surface area contributed by atoms with Gasteiger partial charge < -0.3 is 8.85 Å². The van der Waals surface area contributed by atoms with Crippen LogP contribution in [0.1, 0.15) is 54.4 Å². The molecule has 18 heavy (non-hydrogen) atoms. The molecule has 0 aromatic rings. The summed E-state index contributed by atoms with van der Waals surface area (Å²) in [6.45, 7) is 13.4. The molecule has 0 aliphatic rings. The standard InChI is InChI=1S/C14H32O2Si2/c1-7-17(8-2)15-13(5)11-12-14(6)16-18(9-3)10-4/h13-14H,7-12H2,1-6H3. The minimum absolute atomic E-state index is 0.406. The second-order valence-electron chi connectivity index (χ2n) is 4.93. The lowest BCUT2D eigenvalue weighted by Crippen LogP contribution is -2.26. The number of hydrogen-bond donors (Lipinski definition) is 0. The lowest BCUT2D eigenvalue weighted by Gasteiger charge is -2.22. The third kappa shape index (κ3) is 8.45. The van der Waals surface area contributed by atoms with Crippen LogP contribution in [0.2, 0.25) is 24.2 Å². The van der Waals surface area contributed by atoms with Crippen LogP contribution in [0.25, 0.3) is 0 Å². The van der Waals surface area contributed by atoms with E-state index < -0.39 is 18.1 Å². The van der Waals surface area contributed by atoms with Crippen molar-refractivity contribution in [1.82, 2.24) is 0 Å². The summed E-state index contributed by atoms with van der Waals surface area (Å²) in [4.78, 5) is 0. The molecule has 0 amide bonds. The largest absolute Gasteiger partial charge is 0.414 e. The predicted octanol–water partition coefficient (Wildman–Crippen LogP) is 4.64. The second kappa shape index (κ2) is 11.2. The first-order valence-electron chi connectivity index (χ1n) is 7.59. The highest BCUT2D eigenvalue weighted by molar-refractivity contribution is 6.51. The summed E-state index contributed by atoms with van der Waals surface area (Å²) in [6, 6.07) is 4.87. The molecule has 0 aromatic heterocycles. The van der Waals surface area contributed by atoms with Crippen molar-refractivity contribution in [2.24, 2.45) is 0 Å². The van der Waals surface area contributed by atoms with E-state index in [1.165, 1.54) is 24.2 Å². The van der Waals surface area contributed by atoms with Crippen molar-refractivity contribution < 1.29 is 8.85 Å². The third-order valence-electron chi connectivity index (χ3n) is 3.29. The van der Waals surface area contributed by atoms with Gasteiger partial charge >= 0.3 is 0 Å². The highest BCUT2D eigenvalue weighted by Crippen LogP contribution is 2.13. The monoisotopic (exact) mass is 288 g/mol. The average Bonchev–Trinajstić information content (AvgIpc) is 2.39. The maximum Gasteiger partial charge on any atom is 0.211 e. The van der Waals surface area contributed by atoms with Gasteiger partial charge in [0, 0.05) is 12.2 Å². The van der Waals surface area contributed by atoms with Crippen LogP contribution in [0.15, 0.2) is 0 Å². The first-order chi connectivity index (χ1) is 8.57. The van der Waals surface area contributed by atoms with Gasteiger partial charge in [0.2, 0.25) is 18.1 Å². The van der Waals surface area contributed by atoms with Gasteiger partial charge in [0.1, 0.15) is 0 Å². The Kier molecular flexibility index (Phi) is 11.4. The fourth-order valence-corrected chi connectivity index (χ4v) is 5.03. The summed E-state index contributed by atoms with van der Waals surface area (Å²) in [5.41, 5.74) is 0. The van der Waals surface area contributed by atoms with E-state index in [1.54, 1.807) is 0 Å². The van der Waals surface area contributed by atoms with Crippen molar-refractivity contribution in [3.05, 3.63) is 0 Å². The van der Waals surface area contributed by atoms with E-state index >= 15 is 0 Å². The fraction of sp³-hybridized carbons (Fsp3) is 1.00. The molecule has 2 unspecified atom stereocenters. The summed E-state index contributed by atoms with van der Waals surface area (Å²) < 4.78 is 12.2. The first kappa shape index (κ1) is 18.4. The topological polar surface area (TPSA) is 18.5 Å². The van der Waals surface area contributed by atoms with Gasteiger partial charge in [-0.15, -0.1) is 0 Å². The zero-order valence-corrected chi connectivity index (χ0v) is 15.2. The molecule has 0 aliphatic carbocycles. The van der Waals surface area contributed by atoms with Crippen molar-refractivity contribution >= 4 is 18.1 Å². The van der Waals surface area contributed by atoms with Crippen molar-refractivity contribution in [2.45, 2.75) is 90.8 Å². The molecule has 2 radical (unpaired) electrons. The Bertz CT molecular complexity index is 163. The lowest BCUT2D eigenvalue weighted by atomic mass is 10.1. The molecule has 0 aliphatic heterocycles. The molecule has 0 heterocycles. The van der Waals surface area contributed by atoms with Crippen molar-refractivity contribution in [1.29, 1.82) is 0 Å². The van der Waals surface area contributed by atoms with Gasteiger partial charge in [0.15, 0.2) is 0 Å². The molecule has 2 nitrogen and oxygen atoms in total. The maximum atomic E-state index is 6.11. The molecule has 0 saturated heterocycles. The van der Waals surface area contributed by atoms with Crippen molar-refractivity contribution in [2.75, 3.05) is 0 Å². The molecule has 0 aromatic carbocycles. The maximum absolute atomic E-state index is 6.11. The molecule has 0 bridgehead atoms. The van der Waals surface area contributed by atoms with Gasteiger partial charge in [-0.2, -0.15) is 0 Å². The normalized spacial score (nSPS) is 15.3. The number of hydrogen-bond acceptors (Lipinski definition) is 2. The van der Waals surface area contributed by atoms with Crippen LogP contribution in [-0.2, 0) is 8.85 Å². The van der Waals surface area contributed by atoms with E-state index in [4.69, 9.17) is 8.85 Å². The molecular weight excluding hydrogens is 256 g/mol. The average molecular weight is 289 g/mol. The quantitative estimate of drug-likeness (QED) is 0.516. The van der Waals surface area contributed by atoms with E-state index in [-0.39, 0.29) is 0 Å². The van der Waals surface area contributed by atoms with Gasteiger partial charge in [0.25, 0.3) is 0 Å². The summed E-state index contributed by atoms with van der Waals surface area (Å²) in [7, 11) is -1.07. The Morgan fingerprint density at radius 1 is 0.667 bits per heavy atom. The van der Waals surface area contributed by atoms with Gasteiger partial charge in [0.05, 0.1) is 0 Å². The summed E-state index contributed by atoms with van der Waals surface area (Å²) >= 11 is 0. The van der Waals surface area contributed by atoms with Gasteiger partial charge in [-0.25, -0.2) is 0 Å². The van der Waals surface area contributed by atoms with Crippen molar-refractivity contribution in [3.63, 3.8) is 0 Å². The molecule has 4 heteroatoms. The van der Waals surface area contributed by atoms with E-state index in [9.17, 15) is 0 Å². The Morgan fingerprint density at radius 3 is 1.17 bits per heavy atom. The van der Waals surface area contributed by atoms with E-state index in [1.807, 2.05) is 0 Å². The third-order valence-corrected chi connectivity index (χ3v) is 7.92. The van der Waals surface area contributed by atoms with Crippen LogP contribution < -0.4 is 0 Å². The van der Waals surface area contributed by atoms with Crippen LogP contribution in [0.4, 0.5) is 0 Å². The Hall–Kier alpha value is 0.354. The minimum Gasteiger partial charge on any atom is -0.414 e. The Morgan fingerprint density at radius 2 is 0.944 bits per heavy atom. The Labute approximate surface area is 118 Å². The van der Waals surface area contributed by atoms with Gasteiger partial charge in [-0.3, -0.25) is 0 Å². The molecule has 108 valence electrons. The molecule has 2 atom stereocenters. The summed E-state index contributed by atoms with van der Waals surface area (Å²) in [6.07, 6.45) is 3.09. The van der Waals surface area contributed by atoms with E-state index in [0.717, 1.165) is 12.8 Å². The summed E-state index contributed by atoms with van der Waals surface area (Å²) in [5.74, 6) is 0. The molecular formula is C14H32O2Si2. The Balaban J connectivity index is 3.79. The molecule has 0 spiro atoms. The molecule has 0 fully saturated rings. The predicted molar refractivity (Wildman–Crippen MR) is 83.8 cm³/mol. The zero-order chi connectivity index (χ0) is 14.0. The van der Waals surface area contributed by atoms with Crippen molar-refractivity contribution in [3.8, 4) is 0 Å². The smallest absolute Gasteiger partial charge is 0.211 e. The fourth-order valence-electron chi connectivity index (χ4n) is 1.99. The summed E-state index contributed by atoms with van der Waals surface area (Å²) in [5, 5.41) is 0. The van der Waals surface area contributed by atoms with E-state index in [0.29, 0.717) is 12.2 Å². The second-order valence-corrected chi connectivity index (χ2v) is 10.4. The molecule has 0 N–H and O–H groups in total. The van der Waals surface area contributed by atoms with Crippen LogP contribution in [0, 0.1) is 0 Å². The van der Waals surface area contributed by atoms with Gasteiger partial charge in [-0.05, 0) is 50.9 Å². The minimum atomic E-state index is -0.536. The van der Waals surface area contributed by atoms with Crippen LogP contribution >= 0.6 is 0 Å². The van der Waals surface area contributed by atoms with E-state index in [2.05, 4.69) is 41.5 Å². The molecule has 0 rings (SSSR count). The van der Waals surface area contributed by atoms with Crippen LogP contribution in [0.3, 0.4) is 0 Å². The number of rotatable bonds is 11. The highest BCUT2D eigenvalue weighted by Gasteiger charge is 2.16. The van der Waals surface area contributed by atoms with Crippen LogP contribution in [0.5, 0.6) is 0 Å². The van der Waals surface area contributed by atoms with Gasteiger partial charge in [-0.1, -0.05) is 27.7 Å².